The summed E-state index contributed by atoms with van der Waals surface area (Å²) in [6.07, 6.45) is 3.04. The van der Waals surface area contributed by atoms with Crippen molar-refractivity contribution in [2.24, 2.45) is 0 Å². The van der Waals surface area contributed by atoms with Crippen molar-refractivity contribution in [1.29, 1.82) is 0 Å². The van der Waals surface area contributed by atoms with Gasteiger partial charge in [0, 0.05) is 29.1 Å². The lowest BCUT2D eigenvalue weighted by atomic mass is 9.91. The average molecular weight is 336 g/mol. The van der Waals surface area contributed by atoms with Crippen LogP contribution in [0.3, 0.4) is 0 Å². The van der Waals surface area contributed by atoms with Crippen molar-refractivity contribution in [2.45, 2.75) is 38.6 Å². The van der Waals surface area contributed by atoms with E-state index in [1.165, 1.54) is 39.9 Å². The Labute approximate surface area is 146 Å². The third-order valence-electron chi connectivity index (χ3n) is 4.99. The highest BCUT2D eigenvalue weighted by molar-refractivity contribution is 5.86. The first-order valence-electron chi connectivity index (χ1n) is 8.72. The number of hydrogen-bond donors (Lipinski definition) is 2. The monoisotopic (exact) mass is 336 g/mol. The van der Waals surface area contributed by atoms with Crippen LogP contribution in [0.4, 0.5) is 4.39 Å². The lowest BCUT2D eigenvalue weighted by Crippen LogP contribution is -2.39. The Morgan fingerprint density at radius 2 is 2.04 bits per heavy atom. The minimum atomic E-state index is -0.280. The Morgan fingerprint density at radius 1 is 1.24 bits per heavy atom. The fourth-order valence-corrected chi connectivity index (χ4v) is 3.73. The van der Waals surface area contributed by atoms with Gasteiger partial charge < -0.3 is 10.3 Å². The van der Waals surface area contributed by atoms with Crippen molar-refractivity contribution in [3.8, 4) is 0 Å². The van der Waals surface area contributed by atoms with Gasteiger partial charge in [0.25, 0.3) is 0 Å². The number of hydrogen-bond acceptors (Lipinski definition) is 1. The summed E-state index contributed by atoms with van der Waals surface area (Å²) in [5.74, 6) is -0.287. The summed E-state index contributed by atoms with van der Waals surface area (Å²) >= 11 is 0. The normalized spacial score (nSPS) is 16.6. The summed E-state index contributed by atoms with van der Waals surface area (Å²) in [4.78, 5) is 15.8. The summed E-state index contributed by atoms with van der Waals surface area (Å²) < 4.78 is 12.9. The third-order valence-corrected chi connectivity index (χ3v) is 4.99. The lowest BCUT2D eigenvalue weighted by Gasteiger charge is -2.23. The number of nitrogens with one attached hydrogen (secondary N) is 2. The first-order chi connectivity index (χ1) is 12.1. The second-order valence-corrected chi connectivity index (χ2v) is 6.94. The molecular weight excluding hydrogens is 315 g/mol. The Kier molecular flexibility index (Phi) is 4.04. The van der Waals surface area contributed by atoms with Crippen molar-refractivity contribution in [3.63, 3.8) is 0 Å². The SMILES string of the molecule is Cc1ccc2[nH]c3c(c2c1)CC[C@H](NC(=O)Cc1ccc(F)cc1)C3. The van der Waals surface area contributed by atoms with E-state index in [0.29, 0.717) is 0 Å². The number of carbonyl (C=O) groups is 1. The summed E-state index contributed by atoms with van der Waals surface area (Å²) in [5.41, 5.74) is 5.90. The molecule has 0 radical (unpaired) electrons. The van der Waals surface area contributed by atoms with Crippen molar-refractivity contribution >= 4 is 16.8 Å². The molecule has 25 heavy (non-hydrogen) atoms. The number of aryl methyl sites for hydroxylation is 2. The van der Waals surface area contributed by atoms with Crippen molar-refractivity contribution < 1.29 is 9.18 Å². The molecular formula is C21H21FN2O. The minimum absolute atomic E-state index is 0.00739. The van der Waals surface area contributed by atoms with Gasteiger partial charge in [0.15, 0.2) is 0 Å². The molecule has 1 aromatic heterocycles. The maximum Gasteiger partial charge on any atom is 0.224 e. The van der Waals surface area contributed by atoms with E-state index >= 15 is 0 Å². The molecule has 1 atom stereocenters. The number of halogens is 1. The average Bonchev–Trinajstić information content (AvgIpc) is 2.94. The van der Waals surface area contributed by atoms with Crippen LogP contribution in [-0.4, -0.2) is 16.9 Å². The molecule has 0 spiro atoms. The van der Waals surface area contributed by atoms with Gasteiger partial charge in [0.05, 0.1) is 6.42 Å². The van der Waals surface area contributed by atoms with Crippen molar-refractivity contribution in [2.75, 3.05) is 0 Å². The highest BCUT2D eigenvalue weighted by atomic mass is 19.1. The second kappa shape index (κ2) is 6.36. The van der Waals surface area contributed by atoms with E-state index in [0.717, 1.165) is 24.8 Å². The van der Waals surface area contributed by atoms with E-state index in [4.69, 9.17) is 0 Å². The van der Waals surface area contributed by atoms with Crippen LogP contribution in [0.5, 0.6) is 0 Å². The van der Waals surface area contributed by atoms with E-state index in [1.54, 1.807) is 12.1 Å². The van der Waals surface area contributed by atoms with Gasteiger partial charge >= 0.3 is 0 Å². The highest BCUT2D eigenvalue weighted by Gasteiger charge is 2.23. The molecule has 1 heterocycles. The van der Waals surface area contributed by atoms with Crippen LogP contribution in [0.25, 0.3) is 10.9 Å². The lowest BCUT2D eigenvalue weighted by molar-refractivity contribution is -0.121. The van der Waals surface area contributed by atoms with Gasteiger partial charge in [-0.1, -0.05) is 23.8 Å². The molecule has 2 N–H and O–H groups in total. The minimum Gasteiger partial charge on any atom is -0.358 e. The Hall–Kier alpha value is -2.62. The summed E-state index contributed by atoms with van der Waals surface area (Å²) in [6.45, 7) is 2.11. The van der Waals surface area contributed by atoms with Gasteiger partial charge in [-0.25, -0.2) is 4.39 Å². The second-order valence-electron chi connectivity index (χ2n) is 6.94. The molecule has 4 heteroatoms. The van der Waals surface area contributed by atoms with Crippen molar-refractivity contribution in [1.82, 2.24) is 10.3 Å². The molecule has 0 fully saturated rings. The molecule has 1 aliphatic rings. The quantitative estimate of drug-likeness (QED) is 0.750. The summed E-state index contributed by atoms with van der Waals surface area (Å²) in [5, 5.41) is 4.44. The van der Waals surface area contributed by atoms with Crippen LogP contribution in [0.1, 0.15) is 28.8 Å². The van der Waals surface area contributed by atoms with Crippen LogP contribution in [0.15, 0.2) is 42.5 Å². The fraction of sp³-hybridized carbons (Fsp3) is 0.286. The first-order valence-corrected chi connectivity index (χ1v) is 8.72. The highest BCUT2D eigenvalue weighted by Crippen LogP contribution is 2.29. The Balaban J connectivity index is 1.44. The molecule has 0 saturated heterocycles. The Bertz CT molecular complexity index is 927. The van der Waals surface area contributed by atoms with E-state index in [1.807, 2.05) is 0 Å². The standard InChI is InChI=1S/C21H21FN2O/c1-13-2-9-19-18(10-13)17-8-7-16(12-20(17)24-19)23-21(25)11-14-3-5-15(22)6-4-14/h2-6,9-10,16,24H,7-8,11-12H2,1H3,(H,23,25)/t16-/m0/s1. The smallest absolute Gasteiger partial charge is 0.224 e. The summed E-state index contributed by atoms with van der Waals surface area (Å²) in [6, 6.07) is 12.7. The van der Waals surface area contributed by atoms with E-state index in [2.05, 4.69) is 35.4 Å². The fourth-order valence-electron chi connectivity index (χ4n) is 3.73. The molecule has 0 saturated carbocycles. The number of H-pyrrole nitrogens is 1. The van der Waals surface area contributed by atoms with Gasteiger partial charge in [-0.05, 0) is 55.2 Å². The maximum absolute atomic E-state index is 12.9. The molecule has 0 bridgehead atoms. The van der Waals surface area contributed by atoms with E-state index in [9.17, 15) is 9.18 Å². The van der Waals surface area contributed by atoms with Crippen LogP contribution in [0, 0.1) is 12.7 Å². The zero-order chi connectivity index (χ0) is 17.4. The largest absolute Gasteiger partial charge is 0.358 e. The number of aromatic amines is 1. The predicted octanol–water partition coefficient (Wildman–Crippen LogP) is 3.83. The number of fused-ring (bicyclic) bond motifs is 3. The van der Waals surface area contributed by atoms with Crippen LogP contribution >= 0.6 is 0 Å². The number of aromatic nitrogens is 1. The van der Waals surface area contributed by atoms with E-state index in [-0.39, 0.29) is 24.2 Å². The predicted molar refractivity (Wildman–Crippen MR) is 97.1 cm³/mol. The molecule has 4 rings (SSSR count). The number of carbonyl (C=O) groups excluding carboxylic acids is 1. The van der Waals surface area contributed by atoms with Gasteiger partial charge in [-0.15, -0.1) is 0 Å². The zero-order valence-electron chi connectivity index (χ0n) is 14.2. The number of benzene rings is 2. The number of amides is 1. The molecule has 1 aliphatic carbocycles. The molecule has 2 aromatic carbocycles. The third kappa shape index (κ3) is 3.29. The van der Waals surface area contributed by atoms with Gasteiger partial charge in [-0.3, -0.25) is 4.79 Å². The van der Waals surface area contributed by atoms with Gasteiger partial charge in [0.2, 0.25) is 5.91 Å². The zero-order valence-corrected chi connectivity index (χ0v) is 14.2. The van der Waals surface area contributed by atoms with Gasteiger partial charge in [-0.2, -0.15) is 0 Å². The van der Waals surface area contributed by atoms with Crippen LogP contribution in [0.2, 0.25) is 0 Å². The molecule has 0 unspecified atom stereocenters. The van der Waals surface area contributed by atoms with Crippen LogP contribution < -0.4 is 5.32 Å². The number of rotatable bonds is 3. The molecule has 1 amide bonds. The van der Waals surface area contributed by atoms with E-state index < -0.39 is 0 Å². The molecule has 3 nitrogen and oxygen atoms in total. The van der Waals surface area contributed by atoms with Crippen molar-refractivity contribution in [3.05, 3.63) is 70.7 Å². The maximum atomic E-state index is 12.9. The molecule has 3 aromatic rings. The molecule has 0 aliphatic heterocycles. The van der Waals surface area contributed by atoms with Gasteiger partial charge in [0.1, 0.15) is 5.82 Å². The van der Waals surface area contributed by atoms with Crippen LogP contribution in [-0.2, 0) is 24.1 Å². The topological polar surface area (TPSA) is 44.9 Å². The molecule has 128 valence electrons. The summed E-state index contributed by atoms with van der Waals surface area (Å²) in [7, 11) is 0. The first kappa shape index (κ1) is 15.9. The Morgan fingerprint density at radius 3 is 2.84 bits per heavy atom.